The van der Waals surface area contributed by atoms with E-state index >= 15 is 0 Å². The molecule has 1 N–H and O–H groups in total. The number of rotatable bonds is 4. The van der Waals surface area contributed by atoms with E-state index in [9.17, 15) is 4.79 Å². The summed E-state index contributed by atoms with van der Waals surface area (Å²) in [6, 6.07) is 6.42. The van der Waals surface area contributed by atoms with Gasteiger partial charge in [-0.05, 0) is 42.2 Å². The molecule has 1 saturated carbocycles. The highest BCUT2D eigenvalue weighted by Gasteiger charge is 2.35. The van der Waals surface area contributed by atoms with E-state index in [-0.39, 0.29) is 5.92 Å². The van der Waals surface area contributed by atoms with Crippen LogP contribution in [0.4, 0.5) is 0 Å². The van der Waals surface area contributed by atoms with E-state index in [2.05, 4.69) is 18.2 Å². The number of carbonyl (C=O) groups is 1. The highest BCUT2D eigenvalue weighted by molar-refractivity contribution is 7.99. The molecule has 0 saturated heterocycles. The number of hydrogen-bond acceptors (Lipinski definition) is 2. The zero-order valence-corrected chi connectivity index (χ0v) is 10.5. The molecule has 2 nitrogen and oxygen atoms in total. The van der Waals surface area contributed by atoms with Crippen molar-refractivity contribution in [1.82, 2.24) is 0 Å². The molecule has 1 heterocycles. The first kappa shape index (κ1) is 11.1. The van der Waals surface area contributed by atoms with E-state index < -0.39 is 5.97 Å². The van der Waals surface area contributed by atoms with E-state index in [0.29, 0.717) is 12.3 Å². The van der Waals surface area contributed by atoms with Crippen molar-refractivity contribution in [2.24, 2.45) is 5.92 Å². The van der Waals surface area contributed by atoms with Gasteiger partial charge in [-0.1, -0.05) is 18.2 Å². The van der Waals surface area contributed by atoms with Crippen LogP contribution in [0.25, 0.3) is 0 Å². The molecular weight excluding hydrogens is 232 g/mol. The topological polar surface area (TPSA) is 37.3 Å². The maximum Gasteiger partial charge on any atom is 0.303 e. The van der Waals surface area contributed by atoms with Gasteiger partial charge in [0.1, 0.15) is 0 Å². The number of aryl methyl sites for hydroxylation is 1. The summed E-state index contributed by atoms with van der Waals surface area (Å²) >= 11 is 1.90. The lowest BCUT2D eigenvalue weighted by Crippen LogP contribution is -2.09. The summed E-state index contributed by atoms with van der Waals surface area (Å²) in [4.78, 5) is 12.4. The molecule has 1 aromatic rings. The molecular formula is C14H16O2S. The fraction of sp³-hybridized carbons (Fsp3) is 0.500. The molecule has 3 rings (SSSR count). The summed E-state index contributed by atoms with van der Waals surface area (Å²) in [5.41, 5.74) is 2.72. The van der Waals surface area contributed by atoms with Crippen LogP contribution in [0.5, 0.6) is 0 Å². The van der Waals surface area contributed by atoms with Gasteiger partial charge in [0.15, 0.2) is 0 Å². The van der Waals surface area contributed by atoms with Gasteiger partial charge in [0, 0.05) is 10.6 Å². The lowest BCUT2D eigenvalue weighted by molar-refractivity contribution is -0.137. The average Bonchev–Trinajstić information content (AvgIpc) is 3.02. The monoisotopic (exact) mass is 248 g/mol. The van der Waals surface area contributed by atoms with Crippen molar-refractivity contribution >= 4 is 17.7 Å². The molecule has 0 spiro atoms. The van der Waals surface area contributed by atoms with Gasteiger partial charge in [-0.2, -0.15) is 0 Å². The first-order chi connectivity index (χ1) is 8.25. The summed E-state index contributed by atoms with van der Waals surface area (Å²) in [6.07, 6.45) is 3.83. The van der Waals surface area contributed by atoms with Gasteiger partial charge in [0.2, 0.25) is 0 Å². The highest BCUT2D eigenvalue weighted by atomic mass is 32.2. The first-order valence-corrected chi connectivity index (χ1v) is 7.20. The quantitative estimate of drug-likeness (QED) is 0.888. The van der Waals surface area contributed by atoms with Gasteiger partial charge in [0.25, 0.3) is 0 Å². The van der Waals surface area contributed by atoms with Crippen molar-refractivity contribution < 1.29 is 9.90 Å². The largest absolute Gasteiger partial charge is 0.481 e. The fourth-order valence-electron chi connectivity index (χ4n) is 2.75. The Hall–Kier alpha value is -0.960. The van der Waals surface area contributed by atoms with Crippen LogP contribution >= 0.6 is 11.8 Å². The Morgan fingerprint density at radius 2 is 2.29 bits per heavy atom. The molecule has 1 fully saturated rings. The SMILES string of the molecule is O=C(O)CC(c1cccc2c1SCC2)C1CC1. The molecule has 90 valence electrons. The number of thioether (sulfide) groups is 1. The van der Waals surface area contributed by atoms with Crippen LogP contribution in [-0.4, -0.2) is 16.8 Å². The summed E-state index contributed by atoms with van der Waals surface area (Å²) in [5, 5.41) is 9.06. The molecule has 1 aromatic carbocycles. The van der Waals surface area contributed by atoms with Crippen LogP contribution in [0.1, 0.15) is 36.3 Å². The van der Waals surface area contributed by atoms with Crippen molar-refractivity contribution in [3.05, 3.63) is 29.3 Å². The number of aliphatic carboxylic acids is 1. The molecule has 3 heteroatoms. The Bertz CT molecular complexity index is 452. The third-order valence-electron chi connectivity index (χ3n) is 3.73. The van der Waals surface area contributed by atoms with Crippen LogP contribution in [0, 0.1) is 5.92 Å². The second kappa shape index (κ2) is 4.37. The third-order valence-corrected chi connectivity index (χ3v) is 4.92. The van der Waals surface area contributed by atoms with E-state index in [1.807, 2.05) is 11.8 Å². The molecule has 1 aliphatic carbocycles. The Labute approximate surface area is 105 Å². The van der Waals surface area contributed by atoms with Gasteiger partial charge in [-0.25, -0.2) is 0 Å². The van der Waals surface area contributed by atoms with E-state index in [1.165, 1.54) is 28.9 Å². The second-order valence-electron chi connectivity index (χ2n) is 4.98. The van der Waals surface area contributed by atoms with Crippen LogP contribution in [0.15, 0.2) is 23.1 Å². The molecule has 2 aliphatic rings. The standard InChI is InChI=1S/C14H16O2S/c15-13(16)8-12(9-4-5-9)11-3-1-2-10-6-7-17-14(10)11/h1-3,9,12H,4-8H2,(H,15,16). The molecule has 0 bridgehead atoms. The minimum atomic E-state index is -0.664. The van der Waals surface area contributed by atoms with Crippen molar-refractivity contribution in [1.29, 1.82) is 0 Å². The lowest BCUT2D eigenvalue weighted by Gasteiger charge is -2.17. The smallest absolute Gasteiger partial charge is 0.303 e. The van der Waals surface area contributed by atoms with Crippen LogP contribution in [0.2, 0.25) is 0 Å². The van der Waals surface area contributed by atoms with Gasteiger partial charge >= 0.3 is 5.97 Å². The van der Waals surface area contributed by atoms with E-state index in [1.54, 1.807) is 0 Å². The van der Waals surface area contributed by atoms with Gasteiger partial charge in [-0.15, -0.1) is 11.8 Å². The third kappa shape index (κ3) is 2.21. The summed E-state index contributed by atoms with van der Waals surface area (Å²) in [7, 11) is 0. The normalized spacial score (nSPS) is 20.0. The van der Waals surface area contributed by atoms with E-state index in [0.717, 1.165) is 12.2 Å². The van der Waals surface area contributed by atoms with E-state index in [4.69, 9.17) is 5.11 Å². The molecule has 0 amide bonds. The molecule has 1 aliphatic heterocycles. The van der Waals surface area contributed by atoms with Crippen molar-refractivity contribution in [3.8, 4) is 0 Å². The van der Waals surface area contributed by atoms with Crippen molar-refractivity contribution in [2.45, 2.75) is 36.5 Å². The summed E-state index contributed by atoms with van der Waals surface area (Å²) in [5.74, 6) is 1.34. The minimum absolute atomic E-state index is 0.244. The Morgan fingerprint density at radius 3 is 3.00 bits per heavy atom. The molecule has 1 unspecified atom stereocenters. The van der Waals surface area contributed by atoms with Crippen LogP contribution in [-0.2, 0) is 11.2 Å². The predicted molar refractivity (Wildman–Crippen MR) is 68.6 cm³/mol. The average molecular weight is 248 g/mol. The molecule has 0 radical (unpaired) electrons. The Kier molecular flexibility index (Phi) is 2.87. The molecule has 0 aromatic heterocycles. The Morgan fingerprint density at radius 1 is 1.47 bits per heavy atom. The van der Waals surface area contributed by atoms with Gasteiger partial charge in [-0.3, -0.25) is 4.79 Å². The summed E-state index contributed by atoms with van der Waals surface area (Å²) < 4.78 is 0. The van der Waals surface area contributed by atoms with Crippen LogP contribution in [0.3, 0.4) is 0 Å². The predicted octanol–water partition coefficient (Wildman–Crippen LogP) is 3.30. The number of carboxylic acids is 1. The van der Waals surface area contributed by atoms with Gasteiger partial charge < -0.3 is 5.11 Å². The van der Waals surface area contributed by atoms with Crippen molar-refractivity contribution in [3.63, 3.8) is 0 Å². The fourth-order valence-corrected chi connectivity index (χ4v) is 4.02. The highest BCUT2D eigenvalue weighted by Crippen LogP contribution is 2.48. The molecule has 1 atom stereocenters. The van der Waals surface area contributed by atoms with Gasteiger partial charge in [0.05, 0.1) is 6.42 Å². The maximum atomic E-state index is 11.0. The number of fused-ring (bicyclic) bond motifs is 1. The minimum Gasteiger partial charge on any atom is -0.481 e. The number of hydrogen-bond donors (Lipinski definition) is 1. The first-order valence-electron chi connectivity index (χ1n) is 6.22. The zero-order chi connectivity index (χ0) is 11.8. The maximum absolute atomic E-state index is 11.0. The number of carboxylic acid groups (broad SMARTS) is 1. The zero-order valence-electron chi connectivity index (χ0n) is 9.69. The second-order valence-corrected chi connectivity index (χ2v) is 6.08. The van der Waals surface area contributed by atoms with Crippen molar-refractivity contribution in [2.75, 3.05) is 5.75 Å². The summed E-state index contributed by atoms with van der Waals surface area (Å²) in [6.45, 7) is 0. The Balaban J connectivity index is 1.95. The molecule has 17 heavy (non-hydrogen) atoms. The van der Waals surface area contributed by atoms with Crippen LogP contribution < -0.4 is 0 Å². The number of benzene rings is 1. The lowest BCUT2D eigenvalue weighted by atomic mass is 9.89.